The first-order valence-corrected chi connectivity index (χ1v) is 10.9. The van der Waals surface area contributed by atoms with Crippen LogP contribution in [0.3, 0.4) is 0 Å². The molecule has 0 bridgehead atoms. The predicted octanol–water partition coefficient (Wildman–Crippen LogP) is 2.81. The molecule has 0 unspecified atom stereocenters. The number of rotatable bonds is 10. The van der Waals surface area contributed by atoms with E-state index in [9.17, 15) is 5.11 Å². The van der Waals surface area contributed by atoms with Gasteiger partial charge in [-0.05, 0) is 24.6 Å². The number of nitrogens with zero attached hydrogens (tertiary/aromatic N) is 1. The number of nitrogens with one attached hydrogen (secondary N) is 1. The summed E-state index contributed by atoms with van der Waals surface area (Å²) in [6.45, 7) is 4.84. The van der Waals surface area contributed by atoms with Crippen LogP contribution in [0, 0.1) is 0 Å². The van der Waals surface area contributed by atoms with Gasteiger partial charge in [0, 0.05) is 43.2 Å². The van der Waals surface area contributed by atoms with Crippen molar-refractivity contribution in [3.8, 4) is 5.75 Å². The van der Waals surface area contributed by atoms with Gasteiger partial charge in [0.1, 0.15) is 18.5 Å². The fourth-order valence-corrected chi connectivity index (χ4v) is 4.19. The molecule has 1 heterocycles. The number of hydrogen-bond donors (Lipinski definition) is 2. The minimum absolute atomic E-state index is 0.338. The molecule has 2 aromatic rings. The Morgan fingerprint density at radius 1 is 1.04 bits per heavy atom. The van der Waals surface area contributed by atoms with Crippen LogP contribution in [0.5, 0.6) is 5.75 Å². The Morgan fingerprint density at radius 3 is 2.59 bits per heavy atom. The maximum atomic E-state index is 10.3. The third kappa shape index (κ3) is 7.18. The molecule has 27 heavy (non-hydrogen) atoms. The van der Waals surface area contributed by atoms with Gasteiger partial charge in [-0.2, -0.15) is 11.8 Å². The molecular weight excluding hydrogens is 356 g/mol. The fraction of sp³-hybridized carbons (Fsp3) is 0.455. The highest BCUT2D eigenvalue weighted by Crippen LogP contribution is 2.18. The van der Waals surface area contributed by atoms with Gasteiger partial charge < -0.3 is 15.2 Å². The lowest BCUT2D eigenvalue weighted by Crippen LogP contribution is -2.40. The maximum absolute atomic E-state index is 10.3. The zero-order valence-corrected chi connectivity index (χ0v) is 16.7. The van der Waals surface area contributed by atoms with Gasteiger partial charge in [0.15, 0.2) is 0 Å². The highest BCUT2D eigenvalue weighted by molar-refractivity contribution is 7.99. The number of thioether (sulfide) groups is 1. The van der Waals surface area contributed by atoms with Gasteiger partial charge in [0.2, 0.25) is 0 Å². The van der Waals surface area contributed by atoms with Crippen molar-refractivity contribution in [2.24, 2.45) is 0 Å². The molecule has 1 atom stereocenters. The van der Waals surface area contributed by atoms with Crippen molar-refractivity contribution in [2.75, 3.05) is 44.3 Å². The summed E-state index contributed by atoms with van der Waals surface area (Å²) in [4.78, 5) is 2.32. The Balaban J connectivity index is 1.41. The molecule has 0 radical (unpaired) electrons. The van der Waals surface area contributed by atoms with E-state index >= 15 is 0 Å². The Hall–Kier alpha value is -1.53. The number of aliphatic hydroxyl groups is 1. The molecule has 3 rings (SSSR count). The van der Waals surface area contributed by atoms with E-state index in [2.05, 4.69) is 40.5 Å². The summed E-state index contributed by atoms with van der Waals surface area (Å²) in [5, 5.41) is 13.8. The molecular formula is C22H30N2O2S. The first-order chi connectivity index (χ1) is 13.3. The van der Waals surface area contributed by atoms with E-state index in [0.29, 0.717) is 13.2 Å². The monoisotopic (exact) mass is 386 g/mol. The summed E-state index contributed by atoms with van der Waals surface area (Å²) < 4.78 is 5.93. The second-order valence-corrected chi connectivity index (χ2v) is 8.12. The van der Waals surface area contributed by atoms with Gasteiger partial charge in [-0.15, -0.1) is 0 Å². The summed E-state index contributed by atoms with van der Waals surface area (Å²) in [6.07, 6.45) is 0.559. The molecule has 0 amide bonds. The second kappa shape index (κ2) is 11.3. The van der Waals surface area contributed by atoms with Crippen molar-refractivity contribution in [1.29, 1.82) is 0 Å². The molecule has 1 aliphatic heterocycles. The van der Waals surface area contributed by atoms with E-state index in [1.54, 1.807) is 0 Å². The van der Waals surface area contributed by atoms with Crippen LogP contribution in [0.1, 0.15) is 11.1 Å². The summed E-state index contributed by atoms with van der Waals surface area (Å²) >= 11 is 1.98. The molecule has 5 heteroatoms. The third-order valence-electron chi connectivity index (χ3n) is 4.73. The quantitative estimate of drug-likeness (QED) is 0.615. The van der Waals surface area contributed by atoms with Crippen molar-refractivity contribution in [3.63, 3.8) is 0 Å². The van der Waals surface area contributed by atoms with E-state index in [1.807, 2.05) is 36.0 Å². The van der Waals surface area contributed by atoms with Gasteiger partial charge in [-0.25, -0.2) is 0 Å². The molecule has 2 aromatic carbocycles. The predicted molar refractivity (Wildman–Crippen MR) is 114 cm³/mol. The topological polar surface area (TPSA) is 44.7 Å². The molecule has 0 aromatic heterocycles. The van der Waals surface area contributed by atoms with E-state index < -0.39 is 6.10 Å². The Morgan fingerprint density at radius 2 is 1.78 bits per heavy atom. The van der Waals surface area contributed by atoms with Crippen LogP contribution in [0.15, 0.2) is 54.6 Å². The van der Waals surface area contributed by atoms with Crippen molar-refractivity contribution in [3.05, 3.63) is 65.7 Å². The van der Waals surface area contributed by atoms with Crippen molar-refractivity contribution >= 4 is 11.8 Å². The van der Waals surface area contributed by atoms with E-state index in [0.717, 1.165) is 55.4 Å². The fourth-order valence-electron chi connectivity index (χ4n) is 3.21. The summed E-state index contributed by atoms with van der Waals surface area (Å²) in [6, 6.07) is 18.6. The molecule has 0 spiro atoms. The largest absolute Gasteiger partial charge is 0.491 e. The Kier molecular flexibility index (Phi) is 8.49. The molecule has 146 valence electrons. The number of ether oxygens (including phenoxy) is 1. The highest BCUT2D eigenvalue weighted by atomic mass is 32.2. The minimum atomic E-state index is -0.452. The normalized spacial score (nSPS) is 16.2. The smallest absolute Gasteiger partial charge is 0.123 e. The lowest BCUT2D eigenvalue weighted by atomic mass is 10.1. The molecule has 0 saturated carbocycles. The number of para-hydroxylation sites is 1. The molecule has 1 fully saturated rings. The third-order valence-corrected chi connectivity index (χ3v) is 5.67. The van der Waals surface area contributed by atoms with Crippen LogP contribution in [0.4, 0.5) is 0 Å². The maximum Gasteiger partial charge on any atom is 0.123 e. The standard InChI is InChI=1S/C22H30N2O2S/c25-21(17-24-12-14-27-15-13-24)18-26-22-9-5-4-8-20(22)16-23-11-10-19-6-2-1-3-7-19/h1-9,21,23,25H,10-18H2/t21-/m0/s1. The summed E-state index contributed by atoms with van der Waals surface area (Å²) in [5.41, 5.74) is 2.47. The zero-order chi connectivity index (χ0) is 18.7. The number of hydrogen-bond acceptors (Lipinski definition) is 5. The lowest BCUT2D eigenvalue weighted by Gasteiger charge is -2.28. The molecule has 4 nitrogen and oxygen atoms in total. The lowest BCUT2D eigenvalue weighted by molar-refractivity contribution is 0.0711. The van der Waals surface area contributed by atoms with Crippen molar-refractivity contribution < 1.29 is 9.84 Å². The van der Waals surface area contributed by atoms with Gasteiger partial charge >= 0.3 is 0 Å². The molecule has 0 aliphatic carbocycles. The average molecular weight is 387 g/mol. The van der Waals surface area contributed by atoms with Crippen LogP contribution < -0.4 is 10.1 Å². The molecule has 2 N–H and O–H groups in total. The van der Waals surface area contributed by atoms with Gasteiger partial charge in [0.05, 0.1) is 0 Å². The molecule has 1 aliphatic rings. The van der Waals surface area contributed by atoms with Crippen LogP contribution in [-0.2, 0) is 13.0 Å². The van der Waals surface area contributed by atoms with E-state index in [4.69, 9.17) is 4.74 Å². The summed E-state index contributed by atoms with van der Waals surface area (Å²) in [5.74, 6) is 3.17. The Labute approximate surface area is 166 Å². The zero-order valence-electron chi connectivity index (χ0n) is 15.8. The van der Waals surface area contributed by atoms with E-state index in [-0.39, 0.29) is 0 Å². The van der Waals surface area contributed by atoms with Crippen LogP contribution >= 0.6 is 11.8 Å². The SMILES string of the molecule is O[C@H](COc1ccccc1CNCCc1ccccc1)CN1CCSCC1. The van der Waals surface area contributed by atoms with Crippen LogP contribution in [-0.4, -0.2) is 60.4 Å². The van der Waals surface area contributed by atoms with Crippen LogP contribution in [0.2, 0.25) is 0 Å². The number of aliphatic hydroxyl groups excluding tert-OH is 1. The summed E-state index contributed by atoms with van der Waals surface area (Å²) in [7, 11) is 0. The average Bonchev–Trinajstić information content (AvgIpc) is 2.72. The van der Waals surface area contributed by atoms with E-state index in [1.165, 1.54) is 5.56 Å². The first kappa shape index (κ1) is 20.2. The van der Waals surface area contributed by atoms with Gasteiger partial charge in [0.25, 0.3) is 0 Å². The molecule has 1 saturated heterocycles. The van der Waals surface area contributed by atoms with Crippen LogP contribution in [0.25, 0.3) is 0 Å². The second-order valence-electron chi connectivity index (χ2n) is 6.90. The minimum Gasteiger partial charge on any atom is -0.491 e. The first-order valence-electron chi connectivity index (χ1n) is 9.75. The van der Waals surface area contributed by atoms with Gasteiger partial charge in [-0.1, -0.05) is 48.5 Å². The van der Waals surface area contributed by atoms with Crippen molar-refractivity contribution in [2.45, 2.75) is 19.1 Å². The van der Waals surface area contributed by atoms with Gasteiger partial charge in [-0.3, -0.25) is 4.90 Å². The van der Waals surface area contributed by atoms with Crippen molar-refractivity contribution in [1.82, 2.24) is 10.2 Å². The number of benzene rings is 2. The Bertz CT molecular complexity index is 662. The highest BCUT2D eigenvalue weighted by Gasteiger charge is 2.15. The number of β-amino-alcohol motifs (C(OH)–C–C–N with tert-alkyl or cyclic N) is 1.